The lowest BCUT2D eigenvalue weighted by Crippen LogP contribution is -2.38. The third kappa shape index (κ3) is 4.12. The summed E-state index contributed by atoms with van der Waals surface area (Å²) in [5.74, 6) is -0.232. The second-order valence-corrected chi connectivity index (χ2v) is 4.58. The fraction of sp³-hybridized carbons (Fsp3) is 0.333. The number of rotatable bonds is 6. The highest BCUT2D eigenvalue weighted by molar-refractivity contribution is 9.10. The Labute approximate surface area is 113 Å². The average Bonchev–Trinajstić information content (AvgIpc) is 2.33. The number of halogens is 1. The molecule has 0 saturated heterocycles. The summed E-state index contributed by atoms with van der Waals surface area (Å²) in [6.07, 6.45) is 3.14. The van der Waals surface area contributed by atoms with Crippen molar-refractivity contribution in [1.82, 2.24) is 9.47 Å². The van der Waals surface area contributed by atoms with Crippen LogP contribution in [0.1, 0.15) is 0 Å². The van der Waals surface area contributed by atoms with Crippen molar-refractivity contribution < 1.29 is 9.90 Å². The minimum atomic E-state index is -0.242. The number of aromatic nitrogens is 1. The van der Waals surface area contributed by atoms with Crippen molar-refractivity contribution in [3.05, 3.63) is 45.8 Å². The van der Waals surface area contributed by atoms with Crippen molar-refractivity contribution in [2.24, 2.45) is 0 Å². The van der Waals surface area contributed by atoms with Crippen LogP contribution in [0.4, 0.5) is 0 Å². The molecule has 0 saturated carbocycles. The predicted octanol–water partition coefficient (Wildman–Crippen LogP) is 0.618. The van der Waals surface area contributed by atoms with Crippen molar-refractivity contribution in [3.63, 3.8) is 0 Å². The molecule has 1 heterocycles. The normalized spacial score (nSPS) is 10.1. The van der Waals surface area contributed by atoms with Crippen LogP contribution in [0.3, 0.4) is 0 Å². The van der Waals surface area contributed by atoms with Gasteiger partial charge in [-0.25, -0.2) is 0 Å². The number of carbonyl (C=O) groups is 1. The van der Waals surface area contributed by atoms with E-state index in [-0.39, 0.29) is 31.2 Å². The highest BCUT2D eigenvalue weighted by atomic mass is 79.9. The van der Waals surface area contributed by atoms with Crippen LogP contribution in [0.5, 0.6) is 0 Å². The maximum absolute atomic E-state index is 11.9. The molecule has 18 heavy (non-hydrogen) atoms. The lowest BCUT2D eigenvalue weighted by atomic mass is 10.4. The first-order valence-electron chi connectivity index (χ1n) is 5.44. The van der Waals surface area contributed by atoms with E-state index in [4.69, 9.17) is 5.11 Å². The van der Waals surface area contributed by atoms with Crippen molar-refractivity contribution in [3.8, 4) is 0 Å². The molecule has 98 valence electrons. The van der Waals surface area contributed by atoms with E-state index in [2.05, 4.69) is 22.5 Å². The van der Waals surface area contributed by atoms with Gasteiger partial charge in [0.2, 0.25) is 5.91 Å². The van der Waals surface area contributed by atoms with E-state index in [1.807, 2.05) is 0 Å². The van der Waals surface area contributed by atoms with E-state index in [9.17, 15) is 9.59 Å². The molecular weight excluding hydrogens is 300 g/mol. The average molecular weight is 315 g/mol. The molecule has 0 aromatic carbocycles. The quantitative estimate of drug-likeness (QED) is 0.783. The van der Waals surface area contributed by atoms with Gasteiger partial charge in [0.05, 0.1) is 6.61 Å². The van der Waals surface area contributed by atoms with Gasteiger partial charge >= 0.3 is 0 Å². The van der Waals surface area contributed by atoms with E-state index >= 15 is 0 Å². The zero-order valence-electron chi connectivity index (χ0n) is 9.88. The van der Waals surface area contributed by atoms with Crippen LogP contribution in [-0.4, -0.2) is 40.2 Å². The number of hydrogen-bond donors (Lipinski definition) is 1. The molecule has 1 amide bonds. The number of amides is 1. The summed E-state index contributed by atoms with van der Waals surface area (Å²) in [7, 11) is 0. The zero-order valence-corrected chi connectivity index (χ0v) is 11.5. The third-order valence-electron chi connectivity index (χ3n) is 2.33. The van der Waals surface area contributed by atoms with E-state index in [1.165, 1.54) is 15.5 Å². The molecular formula is C12H15BrN2O3. The van der Waals surface area contributed by atoms with Crippen LogP contribution >= 0.6 is 15.9 Å². The Kier molecular flexibility index (Phi) is 5.80. The first-order chi connectivity index (χ1) is 8.58. The second kappa shape index (κ2) is 7.13. The maximum Gasteiger partial charge on any atom is 0.251 e. The molecule has 0 spiro atoms. The number of aliphatic hydroxyl groups excluding tert-OH is 1. The van der Waals surface area contributed by atoms with E-state index in [0.717, 1.165) is 4.47 Å². The van der Waals surface area contributed by atoms with Crippen LogP contribution < -0.4 is 5.56 Å². The van der Waals surface area contributed by atoms with Crippen molar-refractivity contribution in [2.45, 2.75) is 6.54 Å². The molecule has 0 fully saturated rings. The molecule has 1 N–H and O–H groups in total. The number of hydrogen-bond acceptors (Lipinski definition) is 3. The number of nitrogens with zero attached hydrogens (tertiary/aromatic N) is 2. The molecule has 0 radical (unpaired) electrons. The summed E-state index contributed by atoms with van der Waals surface area (Å²) in [5, 5.41) is 8.87. The topological polar surface area (TPSA) is 62.5 Å². The Hall–Kier alpha value is -1.40. The molecule has 1 aromatic heterocycles. The van der Waals surface area contributed by atoms with Gasteiger partial charge in [0.1, 0.15) is 6.54 Å². The first kappa shape index (κ1) is 14.7. The number of aliphatic hydroxyl groups is 1. The lowest BCUT2D eigenvalue weighted by molar-refractivity contribution is -0.131. The SMILES string of the molecule is C=CCN(CCO)C(=O)Cn1cc(Br)ccc1=O. The molecule has 0 aliphatic carbocycles. The predicted molar refractivity (Wildman–Crippen MR) is 72.3 cm³/mol. The number of carbonyl (C=O) groups excluding carboxylic acids is 1. The van der Waals surface area contributed by atoms with Gasteiger partial charge in [0.15, 0.2) is 0 Å². The lowest BCUT2D eigenvalue weighted by Gasteiger charge is -2.20. The highest BCUT2D eigenvalue weighted by Crippen LogP contribution is 2.05. The zero-order chi connectivity index (χ0) is 13.5. The van der Waals surface area contributed by atoms with Gasteiger partial charge in [0, 0.05) is 29.8 Å². The molecule has 0 unspecified atom stereocenters. The van der Waals surface area contributed by atoms with E-state index in [0.29, 0.717) is 6.54 Å². The summed E-state index contributed by atoms with van der Waals surface area (Å²) in [6, 6.07) is 3.01. The van der Waals surface area contributed by atoms with E-state index in [1.54, 1.807) is 18.3 Å². The minimum absolute atomic E-state index is 0.0495. The number of pyridine rings is 1. The van der Waals surface area contributed by atoms with Crippen molar-refractivity contribution in [2.75, 3.05) is 19.7 Å². The fourth-order valence-corrected chi connectivity index (χ4v) is 1.85. The first-order valence-corrected chi connectivity index (χ1v) is 6.23. The molecule has 0 aliphatic heterocycles. The van der Waals surface area contributed by atoms with Crippen molar-refractivity contribution >= 4 is 21.8 Å². The van der Waals surface area contributed by atoms with Crippen LogP contribution in [-0.2, 0) is 11.3 Å². The summed E-state index contributed by atoms with van der Waals surface area (Å²) in [6.45, 7) is 3.96. The standard InChI is InChI=1S/C12H15BrN2O3/c1-2-5-14(6-7-16)12(18)9-15-8-10(13)3-4-11(15)17/h2-4,8,16H,1,5-7,9H2. The van der Waals surface area contributed by atoms with E-state index < -0.39 is 0 Å². The molecule has 6 heteroatoms. The van der Waals surface area contributed by atoms with Gasteiger partial charge in [-0.05, 0) is 22.0 Å². The molecule has 0 bridgehead atoms. The van der Waals surface area contributed by atoms with Gasteiger partial charge in [-0.15, -0.1) is 6.58 Å². The third-order valence-corrected chi connectivity index (χ3v) is 2.79. The maximum atomic E-state index is 11.9. The monoisotopic (exact) mass is 314 g/mol. The van der Waals surface area contributed by atoms with Gasteiger partial charge in [0.25, 0.3) is 5.56 Å². The summed E-state index contributed by atoms with van der Waals surface area (Å²) in [5.41, 5.74) is -0.242. The van der Waals surface area contributed by atoms with Crippen LogP contribution in [0, 0.1) is 0 Å². The Morgan fingerprint density at radius 1 is 1.56 bits per heavy atom. The molecule has 5 nitrogen and oxygen atoms in total. The summed E-state index contributed by atoms with van der Waals surface area (Å²) in [4.78, 5) is 24.9. The van der Waals surface area contributed by atoms with Gasteiger partial charge in [-0.2, -0.15) is 0 Å². The molecule has 1 aromatic rings. The Morgan fingerprint density at radius 3 is 2.89 bits per heavy atom. The van der Waals surface area contributed by atoms with Crippen LogP contribution in [0.2, 0.25) is 0 Å². The molecule has 0 atom stereocenters. The fourth-order valence-electron chi connectivity index (χ4n) is 1.47. The molecule has 0 aliphatic rings. The Balaban J connectivity index is 2.81. The summed E-state index contributed by atoms with van der Waals surface area (Å²) >= 11 is 3.24. The largest absolute Gasteiger partial charge is 0.395 e. The smallest absolute Gasteiger partial charge is 0.251 e. The molecule has 1 rings (SSSR count). The van der Waals surface area contributed by atoms with Crippen molar-refractivity contribution in [1.29, 1.82) is 0 Å². The van der Waals surface area contributed by atoms with Gasteiger partial charge < -0.3 is 14.6 Å². The minimum Gasteiger partial charge on any atom is -0.395 e. The second-order valence-electron chi connectivity index (χ2n) is 3.67. The highest BCUT2D eigenvalue weighted by Gasteiger charge is 2.12. The van der Waals surface area contributed by atoms with Crippen LogP contribution in [0.15, 0.2) is 40.3 Å². The van der Waals surface area contributed by atoms with Crippen LogP contribution in [0.25, 0.3) is 0 Å². The Morgan fingerprint density at radius 2 is 2.28 bits per heavy atom. The Bertz CT molecular complexity index is 484. The van der Waals surface area contributed by atoms with Gasteiger partial charge in [-0.1, -0.05) is 6.08 Å². The van der Waals surface area contributed by atoms with Gasteiger partial charge in [-0.3, -0.25) is 9.59 Å². The summed E-state index contributed by atoms with van der Waals surface area (Å²) < 4.78 is 2.05.